The Kier molecular flexibility index (Phi) is 16.7. The van der Waals surface area contributed by atoms with Crippen molar-refractivity contribution in [1.29, 1.82) is 0 Å². The molecule has 0 saturated carbocycles. The summed E-state index contributed by atoms with van der Waals surface area (Å²) in [6, 6.07) is 22.5. The standard InChI is InChI=1S/C24H42N2O3S.C10H8/c1-2-3-4-5-6-7-8-9-10-11-12-13-14-15-16-17-24(27)26-30(28,29)23-20-18-22(25)19-21-23;1-2-6-10-8-4-3-7-9(10)5-1/h18-21H,2-17,25H2,1H3,(H,26,27);1-8H. The van der Waals surface area contributed by atoms with Gasteiger partial charge < -0.3 is 5.73 Å². The SMILES string of the molecule is CCCCCCCCCCCCCCCCCC(=O)NS(=O)(=O)c1ccc(N)cc1.c1ccc2ccccc2c1. The van der Waals surface area contributed by atoms with E-state index in [1.807, 2.05) is 0 Å². The summed E-state index contributed by atoms with van der Waals surface area (Å²) in [5.74, 6) is -0.443. The highest BCUT2D eigenvalue weighted by atomic mass is 32.2. The Balaban J connectivity index is 0.000000460. The van der Waals surface area contributed by atoms with Gasteiger partial charge in [0.1, 0.15) is 0 Å². The molecule has 6 heteroatoms. The lowest BCUT2D eigenvalue weighted by molar-refractivity contribution is -0.119. The molecule has 0 atom stereocenters. The van der Waals surface area contributed by atoms with Gasteiger partial charge >= 0.3 is 0 Å². The zero-order valence-electron chi connectivity index (χ0n) is 24.5. The molecular formula is C34H50N2O3S. The summed E-state index contributed by atoms with van der Waals surface area (Å²) >= 11 is 0. The third-order valence-electron chi connectivity index (χ3n) is 7.10. The van der Waals surface area contributed by atoms with E-state index in [2.05, 4.69) is 60.2 Å². The lowest BCUT2D eigenvalue weighted by atomic mass is 10.0. The molecule has 0 aliphatic heterocycles. The van der Waals surface area contributed by atoms with Gasteiger partial charge in [0.25, 0.3) is 10.0 Å². The van der Waals surface area contributed by atoms with Gasteiger partial charge in [-0.3, -0.25) is 4.79 Å². The zero-order chi connectivity index (χ0) is 28.9. The lowest BCUT2D eigenvalue weighted by Crippen LogP contribution is -2.30. The summed E-state index contributed by atoms with van der Waals surface area (Å²) in [4.78, 5) is 12.0. The normalized spacial score (nSPS) is 11.1. The van der Waals surface area contributed by atoms with Crippen molar-refractivity contribution in [2.75, 3.05) is 5.73 Å². The number of hydrogen-bond acceptors (Lipinski definition) is 4. The molecule has 0 bridgehead atoms. The average molecular weight is 567 g/mol. The van der Waals surface area contributed by atoms with Crippen LogP contribution in [0.5, 0.6) is 0 Å². The van der Waals surface area contributed by atoms with Crippen molar-refractivity contribution in [2.24, 2.45) is 0 Å². The topological polar surface area (TPSA) is 89.3 Å². The van der Waals surface area contributed by atoms with E-state index in [4.69, 9.17) is 5.73 Å². The highest BCUT2D eigenvalue weighted by Gasteiger charge is 2.16. The van der Waals surface area contributed by atoms with Crippen LogP contribution in [-0.4, -0.2) is 14.3 Å². The quantitative estimate of drug-likeness (QED) is 0.119. The first-order valence-electron chi connectivity index (χ1n) is 15.3. The second-order valence-electron chi connectivity index (χ2n) is 10.6. The molecule has 0 radical (unpaired) electrons. The van der Waals surface area contributed by atoms with Crippen molar-refractivity contribution < 1.29 is 13.2 Å². The van der Waals surface area contributed by atoms with Crippen LogP contribution in [0.15, 0.2) is 77.7 Å². The molecule has 0 unspecified atom stereocenters. The maximum absolute atomic E-state index is 12.1. The van der Waals surface area contributed by atoms with Crippen molar-refractivity contribution in [2.45, 2.75) is 115 Å². The van der Waals surface area contributed by atoms with Crippen LogP contribution in [0.2, 0.25) is 0 Å². The van der Waals surface area contributed by atoms with E-state index in [9.17, 15) is 13.2 Å². The largest absolute Gasteiger partial charge is 0.399 e. The molecular weight excluding hydrogens is 516 g/mol. The second-order valence-corrected chi connectivity index (χ2v) is 12.3. The van der Waals surface area contributed by atoms with Crippen molar-refractivity contribution >= 4 is 32.4 Å². The predicted octanol–water partition coefficient (Wildman–Crippen LogP) is 9.18. The van der Waals surface area contributed by atoms with Crippen LogP contribution in [-0.2, 0) is 14.8 Å². The molecule has 40 heavy (non-hydrogen) atoms. The summed E-state index contributed by atoms with van der Waals surface area (Å²) in [5, 5.41) is 2.62. The molecule has 0 aromatic heterocycles. The molecule has 220 valence electrons. The number of nitrogen functional groups attached to an aromatic ring is 1. The molecule has 3 N–H and O–H groups in total. The number of sulfonamides is 1. The maximum Gasteiger partial charge on any atom is 0.264 e. The summed E-state index contributed by atoms with van der Waals surface area (Å²) in [7, 11) is -3.80. The average Bonchev–Trinajstić information content (AvgIpc) is 2.95. The van der Waals surface area contributed by atoms with Crippen LogP contribution in [0.3, 0.4) is 0 Å². The molecule has 5 nitrogen and oxygen atoms in total. The van der Waals surface area contributed by atoms with E-state index in [1.54, 1.807) is 0 Å². The monoisotopic (exact) mass is 566 g/mol. The number of fused-ring (bicyclic) bond motifs is 1. The van der Waals surface area contributed by atoms with E-state index < -0.39 is 15.9 Å². The minimum atomic E-state index is -3.80. The van der Waals surface area contributed by atoms with Gasteiger partial charge in [-0.1, -0.05) is 145 Å². The van der Waals surface area contributed by atoms with Crippen molar-refractivity contribution in [3.63, 3.8) is 0 Å². The summed E-state index contributed by atoms with van der Waals surface area (Å²) in [6.45, 7) is 2.26. The third-order valence-corrected chi connectivity index (χ3v) is 8.49. The fraction of sp³-hybridized carbons (Fsp3) is 0.500. The number of carbonyl (C=O) groups is 1. The smallest absolute Gasteiger partial charge is 0.264 e. The van der Waals surface area contributed by atoms with Crippen LogP contribution >= 0.6 is 0 Å². The molecule has 3 rings (SSSR count). The molecule has 0 saturated heterocycles. The summed E-state index contributed by atoms with van der Waals surface area (Å²) in [5.41, 5.74) is 6.04. The molecule has 3 aromatic carbocycles. The number of nitrogens with one attached hydrogen (secondary N) is 1. The van der Waals surface area contributed by atoms with Crippen LogP contribution in [0.1, 0.15) is 110 Å². The van der Waals surface area contributed by atoms with Crippen molar-refractivity contribution in [3.05, 3.63) is 72.8 Å². The van der Waals surface area contributed by atoms with Gasteiger partial charge in [0, 0.05) is 12.1 Å². The van der Waals surface area contributed by atoms with Crippen LogP contribution in [0.4, 0.5) is 5.69 Å². The van der Waals surface area contributed by atoms with Crippen LogP contribution in [0.25, 0.3) is 10.8 Å². The third kappa shape index (κ3) is 14.5. The first kappa shape index (κ1) is 33.3. The number of unbranched alkanes of at least 4 members (excludes halogenated alkanes) is 14. The second kappa shape index (κ2) is 20.1. The van der Waals surface area contributed by atoms with E-state index in [1.165, 1.54) is 112 Å². The Morgan fingerprint density at radius 2 is 0.975 bits per heavy atom. The van der Waals surface area contributed by atoms with E-state index in [-0.39, 0.29) is 11.3 Å². The van der Waals surface area contributed by atoms with Gasteiger partial charge in [0.2, 0.25) is 5.91 Å². The number of rotatable bonds is 18. The van der Waals surface area contributed by atoms with Crippen molar-refractivity contribution in [3.8, 4) is 0 Å². The number of anilines is 1. The van der Waals surface area contributed by atoms with Gasteiger partial charge in [-0.15, -0.1) is 0 Å². The van der Waals surface area contributed by atoms with Gasteiger partial charge in [-0.25, -0.2) is 13.1 Å². The fourth-order valence-electron chi connectivity index (χ4n) is 4.70. The number of benzene rings is 3. The first-order valence-corrected chi connectivity index (χ1v) is 16.8. The van der Waals surface area contributed by atoms with E-state index >= 15 is 0 Å². The van der Waals surface area contributed by atoms with Crippen LogP contribution < -0.4 is 10.5 Å². The number of carbonyl (C=O) groups excluding carboxylic acids is 1. The van der Waals surface area contributed by atoms with Gasteiger partial charge in [-0.2, -0.15) is 0 Å². The Morgan fingerprint density at radius 1 is 0.600 bits per heavy atom. The Hall–Kier alpha value is -2.86. The molecule has 0 heterocycles. The Morgan fingerprint density at radius 3 is 1.38 bits per heavy atom. The Bertz CT molecular complexity index is 1130. The Labute approximate surface area is 243 Å². The number of amides is 1. The number of hydrogen-bond donors (Lipinski definition) is 2. The first-order chi connectivity index (χ1) is 19.4. The summed E-state index contributed by atoms with van der Waals surface area (Å²) in [6.07, 6.45) is 19.2. The minimum Gasteiger partial charge on any atom is -0.399 e. The fourth-order valence-corrected chi connectivity index (χ4v) is 5.71. The van der Waals surface area contributed by atoms with Crippen LogP contribution in [0, 0.1) is 0 Å². The minimum absolute atomic E-state index is 0.0570. The summed E-state index contributed by atoms with van der Waals surface area (Å²) < 4.78 is 26.4. The molecule has 0 aliphatic carbocycles. The van der Waals surface area contributed by atoms with E-state index in [0.29, 0.717) is 5.69 Å². The van der Waals surface area contributed by atoms with E-state index in [0.717, 1.165) is 19.3 Å². The van der Waals surface area contributed by atoms with Gasteiger partial charge in [0.05, 0.1) is 4.90 Å². The van der Waals surface area contributed by atoms with Gasteiger partial charge in [0.15, 0.2) is 0 Å². The zero-order valence-corrected chi connectivity index (χ0v) is 25.3. The van der Waals surface area contributed by atoms with Gasteiger partial charge in [-0.05, 0) is 41.5 Å². The highest BCUT2D eigenvalue weighted by Crippen LogP contribution is 2.15. The number of nitrogens with two attached hydrogens (primary N) is 1. The maximum atomic E-state index is 12.1. The predicted molar refractivity (Wildman–Crippen MR) is 170 cm³/mol. The lowest BCUT2D eigenvalue weighted by Gasteiger charge is -2.07. The molecule has 0 fully saturated rings. The molecule has 3 aromatic rings. The highest BCUT2D eigenvalue weighted by molar-refractivity contribution is 7.90. The molecule has 1 amide bonds. The molecule has 0 spiro atoms. The van der Waals surface area contributed by atoms with Crippen molar-refractivity contribution in [1.82, 2.24) is 4.72 Å². The molecule has 0 aliphatic rings.